The van der Waals surface area contributed by atoms with Crippen LogP contribution in [0.15, 0.2) is 11.6 Å². The van der Waals surface area contributed by atoms with Crippen molar-refractivity contribution in [2.75, 3.05) is 6.61 Å². The predicted molar refractivity (Wildman–Crippen MR) is 77.7 cm³/mol. The Hall–Kier alpha value is -0.790. The van der Waals surface area contributed by atoms with Gasteiger partial charge < -0.3 is 4.74 Å². The van der Waals surface area contributed by atoms with Gasteiger partial charge in [-0.2, -0.15) is 0 Å². The van der Waals surface area contributed by atoms with Crippen LogP contribution in [0.3, 0.4) is 0 Å². The minimum absolute atomic E-state index is 0.159. The van der Waals surface area contributed by atoms with Crippen molar-refractivity contribution in [2.45, 2.75) is 60.3 Å². The van der Waals surface area contributed by atoms with Gasteiger partial charge in [0.05, 0.1) is 6.61 Å². The van der Waals surface area contributed by atoms with Crippen LogP contribution in [0.4, 0.5) is 0 Å². The lowest BCUT2D eigenvalue weighted by atomic mass is 9.49. The Morgan fingerprint density at radius 2 is 2.05 bits per heavy atom. The van der Waals surface area contributed by atoms with E-state index in [1.54, 1.807) is 0 Å². The Bertz CT molecular complexity index is 394. The highest BCUT2D eigenvalue weighted by Crippen LogP contribution is 2.59. The van der Waals surface area contributed by atoms with Gasteiger partial charge in [0.25, 0.3) is 0 Å². The van der Waals surface area contributed by atoms with Crippen LogP contribution in [0.2, 0.25) is 0 Å². The van der Waals surface area contributed by atoms with E-state index in [1.807, 2.05) is 0 Å². The first kappa shape index (κ1) is 14.6. The van der Waals surface area contributed by atoms with Gasteiger partial charge in [-0.25, -0.2) is 0 Å². The molecule has 0 aromatic heterocycles. The standard InChI is InChI=1S/C17H28O2/c1-12-7-8-15-16(3,4)9-6-10-17(15,5)14(12)11-19-13(2)18/h7,14-15H,6,8-11H2,1-5H3/t14-,15-,17-/m0/s1. The van der Waals surface area contributed by atoms with Crippen LogP contribution < -0.4 is 0 Å². The summed E-state index contributed by atoms with van der Waals surface area (Å²) in [5, 5.41) is 0. The van der Waals surface area contributed by atoms with Gasteiger partial charge in [0.2, 0.25) is 0 Å². The molecule has 0 aromatic carbocycles. The molecule has 2 aliphatic carbocycles. The molecule has 1 fully saturated rings. The normalized spacial score (nSPS) is 37.2. The summed E-state index contributed by atoms with van der Waals surface area (Å²) in [6.07, 6.45) is 7.45. The highest BCUT2D eigenvalue weighted by atomic mass is 16.5. The number of esters is 1. The molecule has 0 spiro atoms. The number of rotatable bonds is 2. The molecule has 0 aromatic rings. The van der Waals surface area contributed by atoms with E-state index in [0.29, 0.717) is 23.9 Å². The average molecular weight is 264 g/mol. The van der Waals surface area contributed by atoms with Gasteiger partial charge in [0.15, 0.2) is 0 Å². The minimum Gasteiger partial charge on any atom is -0.465 e. The molecule has 0 radical (unpaired) electrons. The Labute approximate surface area is 117 Å². The third kappa shape index (κ3) is 2.59. The molecule has 2 aliphatic rings. The summed E-state index contributed by atoms with van der Waals surface area (Å²) < 4.78 is 5.35. The maximum Gasteiger partial charge on any atom is 0.302 e. The Balaban J connectivity index is 2.28. The predicted octanol–water partition coefficient (Wildman–Crippen LogP) is 4.35. The van der Waals surface area contributed by atoms with E-state index in [2.05, 4.69) is 33.8 Å². The Kier molecular flexibility index (Phi) is 3.81. The number of ether oxygens (including phenoxy) is 1. The average Bonchev–Trinajstić information content (AvgIpc) is 2.26. The van der Waals surface area contributed by atoms with E-state index < -0.39 is 0 Å². The van der Waals surface area contributed by atoms with Crippen LogP contribution in [-0.2, 0) is 9.53 Å². The van der Waals surface area contributed by atoms with E-state index in [4.69, 9.17) is 4.74 Å². The second-order valence-electron chi connectivity index (χ2n) is 7.44. The maximum absolute atomic E-state index is 11.1. The third-order valence-electron chi connectivity index (χ3n) is 5.75. The molecule has 0 amide bonds. The molecular weight excluding hydrogens is 236 g/mol. The summed E-state index contributed by atoms with van der Waals surface area (Å²) >= 11 is 0. The zero-order valence-corrected chi connectivity index (χ0v) is 13.1. The zero-order valence-electron chi connectivity index (χ0n) is 13.1. The molecule has 0 saturated heterocycles. The maximum atomic E-state index is 11.1. The van der Waals surface area contributed by atoms with E-state index in [0.717, 1.165) is 0 Å². The molecule has 1 saturated carbocycles. The Morgan fingerprint density at radius 1 is 1.37 bits per heavy atom. The summed E-state index contributed by atoms with van der Waals surface area (Å²) in [5.41, 5.74) is 2.10. The van der Waals surface area contributed by atoms with Crippen molar-refractivity contribution in [1.82, 2.24) is 0 Å². The second kappa shape index (κ2) is 4.96. The first-order chi connectivity index (χ1) is 8.77. The molecule has 19 heavy (non-hydrogen) atoms. The van der Waals surface area contributed by atoms with Crippen LogP contribution in [0.25, 0.3) is 0 Å². The van der Waals surface area contributed by atoms with Gasteiger partial charge in [0.1, 0.15) is 0 Å². The van der Waals surface area contributed by atoms with Crippen LogP contribution in [0, 0.1) is 22.7 Å². The second-order valence-corrected chi connectivity index (χ2v) is 7.44. The lowest BCUT2D eigenvalue weighted by molar-refractivity contribution is -0.145. The fraction of sp³-hybridized carbons (Fsp3) is 0.824. The highest BCUT2D eigenvalue weighted by molar-refractivity contribution is 5.65. The highest BCUT2D eigenvalue weighted by Gasteiger charge is 2.52. The summed E-state index contributed by atoms with van der Waals surface area (Å²) in [6, 6.07) is 0. The Morgan fingerprint density at radius 3 is 2.68 bits per heavy atom. The van der Waals surface area contributed by atoms with Gasteiger partial charge in [-0.3, -0.25) is 4.79 Å². The fourth-order valence-corrected chi connectivity index (χ4v) is 4.66. The number of allylic oxidation sites excluding steroid dienone is 1. The van der Waals surface area contributed by atoms with Crippen molar-refractivity contribution in [2.24, 2.45) is 22.7 Å². The zero-order chi connectivity index (χ0) is 14.3. The number of carbonyl (C=O) groups is 1. The molecule has 2 nitrogen and oxygen atoms in total. The molecule has 2 rings (SSSR count). The largest absolute Gasteiger partial charge is 0.465 e. The van der Waals surface area contributed by atoms with Crippen molar-refractivity contribution in [1.29, 1.82) is 0 Å². The van der Waals surface area contributed by atoms with Gasteiger partial charge in [-0.05, 0) is 42.9 Å². The number of hydrogen-bond donors (Lipinski definition) is 0. The molecule has 0 bridgehead atoms. The van der Waals surface area contributed by atoms with Crippen molar-refractivity contribution in [3.8, 4) is 0 Å². The van der Waals surface area contributed by atoms with Gasteiger partial charge in [-0.15, -0.1) is 0 Å². The fourth-order valence-electron chi connectivity index (χ4n) is 4.66. The summed E-state index contributed by atoms with van der Waals surface area (Å²) in [4.78, 5) is 11.1. The van der Waals surface area contributed by atoms with Crippen LogP contribution >= 0.6 is 0 Å². The lowest BCUT2D eigenvalue weighted by Crippen LogP contribution is -2.49. The van der Waals surface area contributed by atoms with E-state index in [-0.39, 0.29) is 11.4 Å². The SMILES string of the molecule is CC(=O)OC[C@H]1C(C)=CC[C@H]2C(C)(C)CCC[C@@]12C. The molecule has 0 N–H and O–H groups in total. The van der Waals surface area contributed by atoms with Gasteiger partial charge >= 0.3 is 5.97 Å². The topological polar surface area (TPSA) is 26.3 Å². The van der Waals surface area contributed by atoms with E-state index in [9.17, 15) is 4.79 Å². The molecule has 3 atom stereocenters. The summed E-state index contributed by atoms with van der Waals surface area (Å²) in [6.45, 7) is 11.5. The van der Waals surface area contributed by atoms with E-state index >= 15 is 0 Å². The molecular formula is C17H28O2. The van der Waals surface area contributed by atoms with E-state index in [1.165, 1.54) is 38.2 Å². The number of hydrogen-bond acceptors (Lipinski definition) is 2. The van der Waals surface area contributed by atoms with Crippen LogP contribution in [0.1, 0.15) is 60.3 Å². The summed E-state index contributed by atoms with van der Waals surface area (Å²) in [7, 11) is 0. The van der Waals surface area contributed by atoms with Crippen molar-refractivity contribution in [3.05, 3.63) is 11.6 Å². The number of fused-ring (bicyclic) bond motifs is 1. The molecule has 0 aliphatic heterocycles. The number of carbonyl (C=O) groups excluding carboxylic acids is 1. The molecule has 0 unspecified atom stereocenters. The van der Waals surface area contributed by atoms with Gasteiger partial charge in [0, 0.05) is 12.8 Å². The molecule has 0 heterocycles. The minimum atomic E-state index is -0.159. The monoisotopic (exact) mass is 264 g/mol. The third-order valence-corrected chi connectivity index (χ3v) is 5.75. The molecule has 2 heteroatoms. The van der Waals surface area contributed by atoms with Crippen molar-refractivity contribution >= 4 is 5.97 Å². The van der Waals surface area contributed by atoms with Crippen molar-refractivity contribution < 1.29 is 9.53 Å². The first-order valence-corrected chi connectivity index (χ1v) is 7.57. The van der Waals surface area contributed by atoms with Crippen molar-refractivity contribution in [3.63, 3.8) is 0 Å². The smallest absolute Gasteiger partial charge is 0.302 e. The van der Waals surface area contributed by atoms with Gasteiger partial charge in [-0.1, -0.05) is 38.8 Å². The first-order valence-electron chi connectivity index (χ1n) is 7.57. The van der Waals surface area contributed by atoms with Crippen LogP contribution in [0.5, 0.6) is 0 Å². The summed E-state index contributed by atoms with van der Waals surface area (Å²) in [5.74, 6) is 0.946. The lowest BCUT2D eigenvalue weighted by Gasteiger charge is -2.56. The van der Waals surface area contributed by atoms with Crippen LogP contribution in [-0.4, -0.2) is 12.6 Å². The molecule has 108 valence electrons. The quantitative estimate of drug-likeness (QED) is 0.547.